The van der Waals surface area contributed by atoms with Gasteiger partial charge in [-0.2, -0.15) is 5.10 Å². The summed E-state index contributed by atoms with van der Waals surface area (Å²) < 4.78 is 28.4. The van der Waals surface area contributed by atoms with Gasteiger partial charge in [0, 0.05) is 29.6 Å². The highest BCUT2D eigenvalue weighted by Crippen LogP contribution is 2.33. The normalized spacial score (nSPS) is 12.6. The number of benzene rings is 3. The van der Waals surface area contributed by atoms with Gasteiger partial charge in [0.05, 0.1) is 28.8 Å². The molecule has 0 amide bonds. The molecule has 200 valence electrons. The quantitative estimate of drug-likeness (QED) is 0.250. The minimum atomic E-state index is -0.784. The number of rotatable bonds is 5. The van der Waals surface area contributed by atoms with Crippen LogP contribution in [0.1, 0.15) is 55.2 Å². The van der Waals surface area contributed by atoms with Crippen molar-refractivity contribution in [2.75, 3.05) is 5.32 Å². The van der Waals surface area contributed by atoms with Crippen LogP contribution in [0.25, 0.3) is 33.2 Å². The van der Waals surface area contributed by atoms with Crippen LogP contribution < -0.4 is 10.7 Å². The molecular formula is C31H30FN3O4. The molecule has 0 spiro atoms. The first kappa shape index (κ1) is 26.2. The fraction of sp³-hybridized carbons (Fsp3) is 0.258. The molecule has 3 aromatic carbocycles. The van der Waals surface area contributed by atoms with Gasteiger partial charge in [0.25, 0.3) is 0 Å². The number of hydrogen-bond donors (Lipinski definition) is 1. The SMILES string of the molecule is Cc1cc(C(C)Nc2cccc(F)c2C(=O)OC(C)(C)C)c2oc(-c3ccc4c(cnn4C)c3)cc(=O)c2c1. The molecule has 1 N–H and O–H groups in total. The van der Waals surface area contributed by atoms with Gasteiger partial charge in [0.15, 0.2) is 5.43 Å². The van der Waals surface area contributed by atoms with Crippen molar-refractivity contribution in [3.63, 3.8) is 0 Å². The molecule has 7 nitrogen and oxygen atoms in total. The predicted molar refractivity (Wildman–Crippen MR) is 151 cm³/mol. The Balaban J connectivity index is 1.59. The number of ether oxygens (including phenoxy) is 1. The lowest BCUT2D eigenvalue weighted by atomic mass is 10.00. The lowest BCUT2D eigenvalue weighted by molar-refractivity contribution is 0.00659. The standard InChI is InChI=1S/C31H30FN3O4/c1-17-12-21(18(2)34-24-9-7-8-23(32)28(24)30(37)39-31(3,4)5)29-22(13-17)26(36)15-27(38-29)19-10-11-25-20(14-19)16-33-35(25)6/h7-16,18,34H,1-6H3. The molecule has 0 aliphatic heterocycles. The molecule has 39 heavy (non-hydrogen) atoms. The Hall–Kier alpha value is -4.46. The van der Waals surface area contributed by atoms with Crippen molar-refractivity contribution >= 4 is 33.5 Å². The average molecular weight is 528 g/mol. The molecular weight excluding hydrogens is 497 g/mol. The van der Waals surface area contributed by atoms with Gasteiger partial charge in [0.1, 0.15) is 28.3 Å². The third-order valence-corrected chi connectivity index (χ3v) is 6.49. The van der Waals surface area contributed by atoms with Crippen molar-refractivity contribution in [1.82, 2.24) is 9.78 Å². The van der Waals surface area contributed by atoms with E-state index < -0.39 is 23.4 Å². The van der Waals surface area contributed by atoms with Crippen LogP contribution in [0.3, 0.4) is 0 Å². The molecule has 0 saturated heterocycles. The van der Waals surface area contributed by atoms with E-state index in [1.54, 1.807) is 43.8 Å². The minimum absolute atomic E-state index is 0.171. The Labute approximate surface area is 225 Å². The largest absolute Gasteiger partial charge is 0.456 e. The van der Waals surface area contributed by atoms with Crippen molar-refractivity contribution in [1.29, 1.82) is 0 Å². The second-order valence-electron chi connectivity index (χ2n) is 10.8. The van der Waals surface area contributed by atoms with Gasteiger partial charge in [-0.05, 0) is 76.6 Å². The summed E-state index contributed by atoms with van der Waals surface area (Å²) in [6, 6.07) is 14.9. The van der Waals surface area contributed by atoms with E-state index >= 15 is 0 Å². The third kappa shape index (κ3) is 5.14. The lowest BCUT2D eigenvalue weighted by Crippen LogP contribution is -2.25. The average Bonchev–Trinajstić information content (AvgIpc) is 3.22. The number of halogens is 1. The summed E-state index contributed by atoms with van der Waals surface area (Å²) in [5.41, 5.74) is 2.86. The monoisotopic (exact) mass is 527 g/mol. The molecule has 0 radical (unpaired) electrons. The van der Waals surface area contributed by atoms with E-state index in [0.29, 0.717) is 22.3 Å². The number of hydrogen-bond acceptors (Lipinski definition) is 6. The number of nitrogens with zero attached hydrogens (tertiary/aromatic N) is 2. The summed E-state index contributed by atoms with van der Waals surface area (Å²) in [5, 5.41) is 8.90. The van der Waals surface area contributed by atoms with Gasteiger partial charge in [-0.3, -0.25) is 9.48 Å². The zero-order chi connectivity index (χ0) is 28.1. The van der Waals surface area contributed by atoms with E-state index in [1.807, 2.05) is 45.2 Å². The molecule has 5 aromatic rings. The van der Waals surface area contributed by atoms with E-state index in [9.17, 15) is 14.0 Å². The number of esters is 1. The van der Waals surface area contributed by atoms with Crippen LogP contribution >= 0.6 is 0 Å². The molecule has 0 aliphatic rings. The number of carbonyl (C=O) groups is 1. The van der Waals surface area contributed by atoms with Gasteiger partial charge in [-0.1, -0.05) is 12.1 Å². The van der Waals surface area contributed by atoms with Crippen molar-refractivity contribution in [3.05, 3.63) is 93.5 Å². The molecule has 0 aliphatic carbocycles. The highest BCUT2D eigenvalue weighted by Gasteiger charge is 2.25. The highest BCUT2D eigenvalue weighted by atomic mass is 19.1. The van der Waals surface area contributed by atoms with E-state index in [2.05, 4.69) is 10.4 Å². The Bertz CT molecular complexity index is 1800. The number of carbonyl (C=O) groups excluding carboxylic acids is 1. The molecule has 0 saturated carbocycles. The fourth-order valence-electron chi connectivity index (χ4n) is 4.71. The first-order chi connectivity index (χ1) is 18.4. The number of aryl methyl sites for hydroxylation is 2. The molecule has 1 atom stereocenters. The van der Waals surface area contributed by atoms with Crippen LogP contribution in [0.5, 0.6) is 0 Å². The molecule has 0 fully saturated rings. The van der Waals surface area contributed by atoms with Crippen molar-refractivity contribution in [2.45, 2.75) is 46.3 Å². The summed E-state index contributed by atoms with van der Waals surface area (Å²) in [6.07, 6.45) is 1.76. The fourth-order valence-corrected chi connectivity index (χ4v) is 4.71. The molecule has 2 heterocycles. The van der Waals surface area contributed by atoms with E-state index in [0.717, 1.165) is 22.0 Å². The van der Waals surface area contributed by atoms with Crippen LogP contribution in [0.15, 0.2) is 70.0 Å². The maximum absolute atomic E-state index is 14.8. The molecule has 8 heteroatoms. The van der Waals surface area contributed by atoms with Crippen molar-refractivity contribution < 1.29 is 18.3 Å². The first-order valence-corrected chi connectivity index (χ1v) is 12.7. The molecule has 2 aromatic heterocycles. The van der Waals surface area contributed by atoms with Gasteiger partial charge in [-0.25, -0.2) is 9.18 Å². The Morgan fingerprint density at radius 1 is 1.13 bits per heavy atom. The topological polar surface area (TPSA) is 86.4 Å². The summed E-state index contributed by atoms with van der Waals surface area (Å²) in [5.74, 6) is -1.02. The Kier molecular flexibility index (Phi) is 6.50. The summed E-state index contributed by atoms with van der Waals surface area (Å²) in [4.78, 5) is 26.1. The number of anilines is 1. The first-order valence-electron chi connectivity index (χ1n) is 12.7. The zero-order valence-electron chi connectivity index (χ0n) is 22.8. The van der Waals surface area contributed by atoms with Crippen LogP contribution in [0.2, 0.25) is 0 Å². The van der Waals surface area contributed by atoms with Gasteiger partial charge >= 0.3 is 5.97 Å². The van der Waals surface area contributed by atoms with Crippen LogP contribution in [0, 0.1) is 12.7 Å². The number of aromatic nitrogens is 2. The van der Waals surface area contributed by atoms with Crippen LogP contribution in [-0.2, 0) is 11.8 Å². The van der Waals surface area contributed by atoms with E-state index in [4.69, 9.17) is 9.15 Å². The van der Waals surface area contributed by atoms with Gasteiger partial charge < -0.3 is 14.5 Å². The molecule has 0 bridgehead atoms. The zero-order valence-corrected chi connectivity index (χ0v) is 22.8. The maximum Gasteiger partial charge on any atom is 0.343 e. The minimum Gasteiger partial charge on any atom is -0.456 e. The Morgan fingerprint density at radius 3 is 2.64 bits per heavy atom. The number of fused-ring (bicyclic) bond motifs is 2. The smallest absolute Gasteiger partial charge is 0.343 e. The van der Waals surface area contributed by atoms with E-state index in [-0.39, 0.29) is 16.7 Å². The second kappa shape index (κ2) is 9.69. The summed E-state index contributed by atoms with van der Waals surface area (Å²) in [6.45, 7) is 8.95. The molecule has 5 rings (SSSR count). The second-order valence-corrected chi connectivity index (χ2v) is 10.8. The van der Waals surface area contributed by atoms with Crippen LogP contribution in [0.4, 0.5) is 10.1 Å². The predicted octanol–water partition coefficient (Wildman–Crippen LogP) is 6.92. The maximum atomic E-state index is 14.8. The van der Waals surface area contributed by atoms with E-state index in [1.165, 1.54) is 18.2 Å². The van der Waals surface area contributed by atoms with Crippen molar-refractivity contribution in [3.8, 4) is 11.3 Å². The molecule has 1 unspecified atom stereocenters. The summed E-state index contributed by atoms with van der Waals surface area (Å²) >= 11 is 0. The van der Waals surface area contributed by atoms with Crippen LogP contribution in [-0.4, -0.2) is 21.4 Å². The van der Waals surface area contributed by atoms with Crippen molar-refractivity contribution in [2.24, 2.45) is 7.05 Å². The Morgan fingerprint density at radius 2 is 1.90 bits per heavy atom. The third-order valence-electron chi connectivity index (χ3n) is 6.49. The van der Waals surface area contributed by atoms with Gasteiger partial charge in [0.2, 0.25) is 0 Å². The number of nitrogens with one attached hydrogen (secondary N) is 1. The summed E-state index contributed by atoms with van der Waals surface area (Å²) in [7, 11) is 1.87. The van der Waals surface area contributed by atoms with Gasteiger partial charge in [-0.15, -0.1) is 0 Å². The lowest BCUT2D eigenvalue weighted by Gasteiger charge is -2.23. The highest BCUT2D eigenvalue weighted by molar-refractivity contribution is 5.96.